The van der Waals surface area contributed by atoms with E-state index in [0.717, 1.165) is 24.8 Å². The number of nitrogens with zero attached hydrogens (tertiary/aromatic N) is 2. The molecule has 1 N–H and O–H groups in total. The van der Waals surface area contributed by atoms with Crippen LogP contribution in [-0.4, -0.2) is 45.1 Å². The molecule has 1 saturated heterocycles. The Morgan fingerprint density at radius 1 is 1.06 bits per heavy atom. The maximum Gasteiger partial charge on any atom is 0.323 e. The van der Waals surface area contributed by atoms with Crippen molar-refractivity contribution in [3.63, 3.8) is 0 Å². The zero-order valence-corrected chi connectivity index (χ0v) is 22.2. The summed E-state index contributed by atoms with van der Waals surface area (Å²) in [7, 11) is 0. The monoisotopic (exact) mass is 481 g/mol. The number of likely N-dealkylation sites (tertiary alicyclic amines) is 1. The van der Waals surface area contributed by atoms with Gasteiger partial charge in [-0.2, -0.15) is 0 Å². The highest BCUT2D eigenvalue weighted by Crippen LogP contribution is 2.40. The van der Waals surface area contributed by atoms with Gasteiger partial charge in [0, 0.05) is 31.9 Å². The summed E-state index contributed by atoms with van der Waals surface area (Å²) < 4.78 is 8.11. The van der Waals surface area contributed by atoms with Crippen LogP contribution < -0.4 is 5.32 Å². The van der Waals surface area contributed by atoms with E-state index in [-0.39, 0.29) is 30.0 Å². The summed E-state index contributed by atoms with van der Waals surface area (Å²) in [6, 6.07) is 13.8. The molecule has 6 heteroatoms. The largest absolute Gasteiger partial charge is 0.459 e. The molecule has 2 heterocycles. The molecular formula is C29H43N3O3. The highest BCUT2D eigenvalue weighted by Gasteiger charge is 2.49. The SMILES string of the molecule is CCC(CC)CC(NC(C)=O)[C@H]1[C@H](n2cccc2)C[C@H](C(=O)OC(C)(C)C)N1Cc1ccccc1. The molecule has 0 bridgehead atoms. The van der Waals surface area contributed by atoms with E-state index in [4.69, 9.17) is 4.74 Å². The summed E-state index contributed by atoms with van der Waals surface area (Å²) in [5.41, 5.74) is 0.576. The number of rotatable bonds is 10. The standard InChI is InChI=1S/C29H43N3O3/c1-7-22(8-2)18-24(30-21(3)33)27-25(31-16-12-13-17-31)19-26(28(34)35-29(4,5)6)32(27)20-23-14-10-9-11-15-23/h9-17,22,24-27H,7-8,18-20H2,1-6H3,(H,30,33)/t24?,25-,26-,27+/m1/s1. The lowest BCUT2D eigenvalue weighted by Crippen LogP contribution is -2.54. The lowest BCUT2D eigenvalue weighted by atomic mass is 9.88. The van der Waals surface area contributed by atoms with Crippen molar-refractivity contribution in [1.82, 2.24) is 14.8 Å². The number of hydrogen-bond donors (Lipinski definition) is 1. The second-order valence-corrected chi connectivity index (χ2v) is 10.9. The Kier molecular flexibility index (Phi) is 9.17. The molecular weight excluding hydrogens is 438 g/mol. The normalized spacial score (nSPS) is 21.7. The molecule has 0 spiro atoms. The molecule has 1 aromatic carbocycles. The van der Waals surface area contributed by atoms with E-state index in [1.807, 2.05) is 51.1 Å². The third-order valence-corrected chi connectivity index (χ3v) is 7.08. The van der Waals surface area contributed by atoms with Gasteiger partial charge in [0.25, 0.3) is 0 Å². The van der Waals surface area contributed by atoms with Crippen molar-refractivity contribution in [3.8, 4) is 0 Å². The van der Waals surface area contributed by atoms with Gasteiger partial charge in [-0.25, -0.2) is 0 Å². The van der Waals surface area contributed by atoms with Gasteiger partial charge in [0.05, 0.1) is 12.1 Å². The van der Waals surface area contributed by atoms with Crippen LogP contribution in [0.15, 0.2) is 54.9 Å². The summed E-state index contributed by atoms with van der Waals surface area (Å²) in [5, 5.41) is 3.29. The van der Waals surface area contributed by atoms with E-state index in [9.17, 15) is 9.59 Å². The third kappa shape index (κ3) is 7.20. The van der Waals surface area contributed by atoms with E-state index < -0.39 is 11.6 Å². The summed E-state index contributed by atoms with van der Waals surface area (Å²) in [6.07, 6.45) is 7.76. The molecule has 1 amide bonds. The van der Waals surface area contributed by atoms with Gasteiger partial charge in [-0.1, -0.05) is 57.0 Å². The number of nitrogens with one attached hydrogen (secondary N) is 1. The zero-order valence-electron chi connectivity index (χ0n) is 22.2. The number of hydrogen-bond acceptors (Lipinski definition) is 4. The zero-order chi connectivity index (χ0) is 25.6. The first-order chi connectivity index (χ1) is 16.6. The van der Waals surface area contributed by atoms with E-state index in [1.54, 1.807) is 6.92 Å². The quantitative estimate of drug-likeness (QED) is 0.465. The number of amides is 1. The first-order valence-corrected chi connectivity index (χ1v) is 13.0. The number of aromatic nitrogens is 1. The Bertz CT molecular complexity index is 932. The Labute approximate surface area is 211 Å². The van der Waals surface area contributed by atoms with Gasteiger partial charge in [0.1, 0.15) is 11.6 Å². The van der Waals surface area contributed by atoms with E-state index >= 15 is 0 Å². The first kappa shape index (κ1) is 27.0. The minimum atomic E-state index is -0.566. The van der Waals surface area contributed by atoms with Crippen molar-refractivity contribution in [2.75, 3.05) is 0 Å². The van der Waals surface area contributed by atoms with Gasteiger partial charge in [-0.05, 0) is 57.2 Å². The maximum atomic E-state index is 13.5. The Morgan fingerprint density at radius 2 is 1.69 bits per heavy atom. The van der Waals surface area contributed by atoms with Crippen LogP contribution in [-0.2, 0) is 20.9 Å². The van der Waals surface area contributed by atoms with E-state index in [0.29, 0.717) is 18.9 Å². The minimum Gasteiger partial charge on any atom is -0.459 e. The number of benzene rings is 1. The molecule has 1 fully saturated rings. The van der Waals surface area contributed by atoms with Crippen LogP contribution >= 0.6 is 0 Å². The molecule has 192 valence electrons. The maximum absolute atomic E-state index is 13.5. The molecule has 2 aromatic rings. The number of carbonyl (C=O) groups excluding carboxylic acids is 2. The molecule has 6 nitrogen and oxygen atoms in total. The molecule has 1 aliphatic heterocycles. The Morgan fingerprint density at radius 3 is 2.23 bits per heavy atom. The third-order valence-electron chi connectivity index (χ3n) is 7.08. The fourth-order valence-corrected chi connectivity index (χ4v) is 5.44. The van der Waals surface area contributed by atoms with Crippen LogP contribution in [0, 0.1) is 5.92 Å². The molecule has 1 aliphatic rings. The predicted molar refractivity (Wildman–Crippen MR) is 140 cm³/mol. The van der Waals surface area contributed by atoms with Crippen molar-refractivity contribution >= 4 is 11.9 Å². The second-order valence-electron chi connectivity index (χ2n) is 10.9. The van der Waals surface area contributed by atoms with Crippen LogP contribution in [0.25, 0.3) is 0 Å². The summed E-state index contributed by atoms with van der Waals surface area (Å²) in [4.78, 5) is 28.2. The lowest BCUT2D eigenvalue weighted by molar-refractivity contribution is -0.161. The number of esters is 1. The molecule has 0 aliphatic carbocycles. The molecule has 1 unspecified atom stereocenters. The van der Waals surface area contributed by atoms with Crippen LogP contribution in [0.4, 0.5) is 0 Å². The minimum absolute atomic E-state index is 0.0346. The average molecular weight is 482 g/mol. The van der Waals surface area contributed by atoms with Gasteiger partial charge in [0.15, 0.2) is 0 Å². The molecule has 0 radical (unpaired) electrons. The average Bonchev–Trinajstić information content (AvgIpc) is 3.44. The van der Waals surface area contributed by atoms with Gasteiger partial charge < -0.3 is 14.6 Å². The highest BCUT2D eigenvalue weighted by molar-refractivity contribution is 5.77. The molecule has 1 aromatic heterocycles. The van der Waals surface area contributed by atoms with Gasteiger partial charge in [0.2, 0.25) is 5.91 Å². The van der Waals surface area contributed by atoms with Crippen molar-refractivity contribution in [2.24, 2.45) is 5.92 Å². The van der Waals surface area contributed by atoms with Crippen LogP contribution in [0.5, 0.6) is 0 Å². The van der Waals surface area contributed by atoms with Crippen LogP contribution in [0.3, 0.4) is 0 Å². The predicted octanol–water partition coefficient (Wildman–Crippen LogP) is 5.35. The summed E-state index contributed by atoms with van der Waals surface area (Å²) in [5.74, 6) is 0.265. The lowest BCUT2D eigenvalue weighted by Gasteiger charge is -2.38. The highest BCUT2D eigenvalue weighted by atomic mass is 16.6. The van der Waals surface area contributed by atoms with Crippen molar-refractivity contribution in [1.29, 1.82) is 0 Å². The second kappa shape index (κ2) is 11.9. The number of carbonyl (C=O) groups is 2. The molecule has 3 rings (SSSR count). The molecule has 35 heavy (non-hydrogen) atoms. The van der Waals surface area contributed by atoms with Gasteiger partial charge in [-0.15, -0.1) is 0 Å². The fourth-order valence-electron chi connectivity index (χ4n) is 5.44. The van der Waals surface area contributed by atoms with E-state index in [1.165, 1.54) is 0 Å². The van der Waals surface area contributed by atoms with Crippen molar-refractivity contribution < 1.29 is 14.3 Å². The Balaban J connectivity index is 2.07. The fraction of sp³-hybridized carbons (Fsp3) is 0.586. The topological polar surface area (TPSA) is 63.6 Å². The molecule has 4 atom stereocenters. The Hall–Kier alpha value is -2.60. The van der Waals surface area contributed by atoms with Crippen LogP contribution in [0.2, 0.25) is 0 Å². The van der Waals surface area contributed by atoms with E-state index in [2.05, 4.69) is 53.2 Å². The smallest absolute Gasteiger partial charge is 0.323 e. The summed E-state index contributed by atoms with van der Waals surface area (Å²) >= 11 is 0. The first-order valence-electron chi connectivity index (χ1n) is 13.0. The van der Waals surface area contributed by atoms with Crippen molar-refractivity contribution in [2.45, 2.75) is 104 Å². The molecule has 0 saturated carbocycles. The van der Waals surface area contributed by atoms with Crippen molar-refractivity contribution in [3.05, 3.63) is 60.4 Å². The van der Waals surface area contributed by atoms with Gasteiger partial charge in [-0.3, -0.25) is 14.5 Å². The number of ether oxygens (including phenoxy) is 1. The van der Waals surface area contributed by atoms with Gasteiger partial charge >= 0.3 is 5.97 Å². The summed E-state index contributed by atoms with van der Waals surface area (Å²) in [6.45, 7) is 12.4. The van der Waals surface area contributed by atoms with Crippen LogP contribution in [0.1, 0.15) is 78.8 Å².